The molecule has 0 radical (unpaired) electrons. The van der Waals surface area contributed by atoms with E-state index in [9.17, 15) is 9.90 Å². The molecule has 176 valence electrons. The Hall–Kier alpha value is -3.71. The van der Waals surface area contributed by atoms with E-state index < -0.39 is 11.6 Å². The van der Waals surface area contributed by atoms with Crippen LogP contribution in [-0.4, -0.2) is 64.1 Å². The van der Waals surface area contributed by atoms with E-state index >= 15 is 0 Å². The topological polar surface area (TPSA) is 132 Å². The number of amides is 1. The van der Waals surface area contributed by atoms with Crippen LogP contribution >= 0.6 is 0 Å². The predicted octanol–water partition coefficient (Wildman–Crippen LogP) is 1.52. The van der Waals surface area contributed by atoms with Crippen LogP contribution < -0.4 is 10.5 Å². The first-order valence-electron chi connectivity index (χ1n) is 11.1. The van der Waals surface area contributed by atoms with Gasteiger partial charge in [-0.3, -0.25) is 14.6 Å². The van der Waals surface area contributed by atoms with E-state index in [-0.39, 0.29) is 6.04 Å². The Balaban J connectivity index is 1.55. The van der Waals surface area contributed by atoms with Crippen LogP contribution in [0.4, 0.5) is 0 Å². The lowest BCUT2D eigenvalue weighted by Crippen LogP contribution is -2.61. The third-order valence-corrected chi connectivity index (χ3v) is 6.43. The molecule has 4 rings (SSSR count). The minimum atomic E-state index is -1.98. The maximum absolute atomic E-state index is 12.5. The second-order valence-electron chi connectivity index (χ2n) is 8.30. The van der Waals surface area contributed by atoms with Gasteiger partial charge in [-0.25, -0.2) is 4.98 Å². The van der Waals surface area contributed by atoms with Crippen molar-refractivity contribution in [1.82, 2.24) is 19.8 Å². The number of nitrogens with one attached hydrogen (secondary N) is 1. The number of carbonyl (C=O) groups excluding carboxylic acids is 1. The fourth-order valence-corrected chi connectivity index (χ4v) is 4.57. The fraction of sp³-hybridized carbons (Fsp3) is 0.320. The summed E-state index contributed by atoms with van der Waals surface area (Å²) in [6.45, 7) is 2.06. The summed E-state index contributed by atoms with van der Waals surface area (Å²) in [6.07, 6.45) is 4.20. The Kier molecular flexibility index (Phi) is 6.93. The molecule has 1 amide bonds. The first-order valence-corrected chi connectivity index (χ1v) is 11.1. The molecule has 0 bridgehead atoms. The molecule has 9 heteroatoms. The molecule has 1 aliphatic heterocycles. The summed E-state index contributed by atoms with van der Waals surface area (Å²) < 4.78 is 5.39. The van der Waals surface area contributed by atoms with Crippen molar-refractivity contribution in [3.05, 3.63) is 83.4 Å². The molecular weight excluding hydrogens is 432 g/mol. The maximum Gasteiger partial charge on any atom is 0.270 e. The zero-order valence-corrected chi connectivity index (χ0v) is 19.0. The summed E-state index contributed by atoms with van der Waals surface area (Å²) in [5, 5.41) is 20.6. The van der Waals surface area contributed by atoms with Crippen LogP contribution in [0.15, 0.2) is 61.1 Å². The second kappa shape index (κ2) is 10.1. The van der Waals surface area contributed by atoms with Crippen molar-refractivity contribution in [3.8, 4) is 11.8 Å². The normalized spacial score (nSPS) is 17.4. The summed E-state index contributed by atoms with van der Waals surface area (Å²) in [6, 6.07) is 16.6. The molecule has 2 atom stereocenters. The van der Waals surface area contributed by atoms with Gasteiger partial charge in [0.25, 0.3) is 5.91 Å². The van der Waals surface area contributed by atoms with Gasteiger partial charge in [0.15, 0.2) is 0 Å². The Labute approximate surface area is 198 Å². The van der Waals surface area contributed by atoms with E-state index in [0.29, 0.717) is 43.1 Å². The SMILES string of the molecule is COc1ccccc1C(O)(C(N)=O)N1CCN(C(Cc2ccc(C#N)cc2)c2cnc[nH]2)CC1. The molecule has 1 aromatic heterocycles. The van der Waals surface area contributed by atoms with Crippen molar-refractivity contribution < 1.29 is 14.6 Å². The molecule has 2 aromatic carbocycles. The number of nitrogens with two attached hydrogens (primary N) is 1. The second-order valence-corrected chi connectivity index (χ2v) is 8.30. The van der Waals surface area contributed by atoms with Gasteiger partial charge >= 0.3 is 0 Å². The molecule has 2 heterocycles. The standard InChI is InChI=1S/C25H28N6O3/c1-34-23-5-3-2-4-20(23)25(33,24(27)32)31-12-10-30(11-13-31)22(21-16-28-17-29-21)14-18-6-8-19(15-26)9-7-18/h2-9,16-17,22,33H,10-14H2,1H3,(H2,27,32)(H,28,29). The lowest BCUT2D eigenvalue weighted by Gasteiger charge is -2.45. The first-order chi connectivity index (χ1) is 16.5. The molecule has 3 aromatic rings. The van der Waals surface area contributed by atoms with Gasteiger partial charge in [0, 0.05) is 32.4 Å². The molecule has 1 aliphatic rings. The van der Waals surface area contributed by atoms with E-state index in [0.717, 1.165) is 17.7 Å². The minimum absolute atomic E-state index is 0.0190. The van der Waals surface area contributed by atoms with Crippen LogP contribution in [0.5, 0.6) is 5.75 Å². The molecule has 0 spiro atoms. The monoisotopic (exact) mass is 460 g/mol. The van der Waals surface area contributed by atoms with Crippen LogP contribution in [0.3, 0.4) is 0 Å². The molecule has 9 nitrogen and oxygen atoms in total. The number of aromatic amines is 1. The zero-order valence-electron chi connectivity index (χ0n) is 19.0. The molecule has 1 fully saturated rings. The number of aromatic nitrogens is 2. The number of hydrogen-bond donors (Lipinski definition) is 3. The lowest BCUT2D eigenvalue weighted by molar-refractivity contribution is -0.169. The number of benzene rings is 2. The maximum atomic E-state index is 12.5. The highest BCUT2D eigenvalue weighted by Crippen LogP contribution is 2.35. The van der Waals surface area contributed by atoms with Crippen molar-refractivity contribution in [2.24, 2.45) is 5.73 Å². The number of primary amides is 1. The third kappa shape index (κ3) is 4.52. The predicted molar refractivity (Wildman–Crippen MR) is 125 cm³/mol. The van der Waals surface area contributed by atoms with Crippen LogP contribution in [-0.2, 0) is 16.9 Å². The van der Waals surface area contributed by atoms with Gasteiger partial charge in [-0.2, -0.15) is 5.26 Å². The van der Waals surface area contributed by atoms with E-state index in [1.165, 1.54) is 7.11 Å². The molecular formula is C25H28N6O3. The highest BCUT2D eigenvalue weighted by molar-refractivity contribution is 5.85. The number of hydrogen-bond acceptors (Lipinski definition) is 7. The Morgan fingerprint density at radius 2 is 1.94 bits per heavy atom. The zero-order chi connectivity index (χ0) is 24.1. The number of H-pyrrole nitrogens is 1. The van der Waals surface area contributed by atoms with Crippen LogP contribution in [0, 0.1) is 11.3 Å². The lowest BCUT2D eigenvalue weighted by atomic mass is 9.96. The number of imidazole rings is 1. The summed E-state index contributed by atoms with van der Waals surface area (Å²) >= 11 is 0. The van der Waals surface area contributed by atoms with Gasteiger partial charge in [0.05, 0.1) is 42.4 Å². The van der Waals surface area contributed by atoms with Crippen molar-refractivity contribution in [2.45, 2.75) is 18.2 Å². The van der Waals surface area contributed by atoms with Gasteiger partial charge in [-0.15, -0.1) is 0 Å². The van der Waals surface area contributed by atoms with Crippen LogP contribution in [0.1, 0.15) is 28.4 Å². The van der Waals surface area contributed by atoms with E-state index in [1.54, 1.807) is 35.5 Å². The van der Waals surface area contributed by atoms with Gasteiger partial charge in [-0.05, 0) is 30.2 Å². The number of aliphatic hydroxyl groups is 1. The largest absolute Gasteiger partial charge is 0.496 e. The number of ether oxygens (including phenoxy) is 1. The number of nitrogens with zero attached hydrogens (tertiary/aromatic N) is 4. The fourth-order valence-electron chi connectivity index (χ4n) is 4.57. The third-order valence-electron chi connectivity index (χ3n) is 6.43. The number of rotatable bonds is 8. The van der Waals surface area contributed by atoms with Crippen molar-refractivity contribution in [2.75, 3.05) is 33.3 Å². The molecule has 0 saturated carbocycles. The highest BCUT2D eigenvalue weighted by Gasteiger charge is 2.46. The Bertz CT molecular complexity index is 1150. The first kappa shape index (κ1) is 23.4. The Morgan fingerprint density at radius 3 is 2.53 bits per heavy atom. The summed E-state index contributed by atoms with van der Waals surface area (Å²) in [7, 11) is 1.50. The molecule has 34 heavy (non-hydrogen) atoms. The van der Waals surface area contributed by atoms with E-state index in [2.05, 4.69) is 20.9 Å². The molecule has 2 unspecified atom stereocenters. The minimum Gasteiger partial charge on any atom is -0.496 e. The quantitative estimate of drug-likeness (QED) is 0.464. The van der Waals surface area contributed by atoms with Gasteiger partial charge < -0.3 is 20.6 Å². The summed E-state index contributed by atoms with van der Waals surface area (Å²) in [4.78, 5) is 23.9. The van der Waals surface area contributed by atoms with Gasteiger partial charge in [0.2, 0.25) is 5.72 Å². The molecule has 0 aliphatic carbocycles. The van der Waals surface area contributed by atoms with Gasteiger partial charge in [0.1, 0.15) is 5.75 Å². The van der Waals surface area contributed by atoms with Crippen molar-refractivity contribution >= 4 is 5.91 Å². The van der Waals surface area contributed by atoms with E-state index in [4.69, 9.17) is 15.7 Å². The highest BCUT2D eigenvalue weighted by atomic mass is 16.5. The molecule has 4 N–H and O–H groups in total. The number of nitriles is 1. The average molecular weight is 461 g/mol. The van der Waals surface area contributed by atoms with Crippen molar-refractivity contribution in [3.63, 3.8) is 0 Å². The molecule has 1 saturated heterocycles. The number of methoxy groups -OCH3 is 1. The van der Waals surface area contributed by atoms with Crippen LogP contribution in [0.25, 0.3) is 0 Å². The number of piperazine rings is 1. The number of para-hydroxylation sites is 1. The smallest absolute Gasteiger partial charge is 0.270 e. The van der Waals surface area contributed by atoms with Crippen molar-refractivity contribution in [1.29, 1.82) is 5.26 Å². The number of carbonyl (C=O) groups is 1. The summed E-state index contributed by atoms with van der Waals surface area (Å²) in [5.74, 6) is -0.435. The van der Waals surface area contributed by atoms with Gasteiger partial charge in [-0.1, -0.05) is 30.3 Å². The Morgan fingerprint density at radius 1 is 1.24 bits per heavy atom. The van der Waals surface area contributed by atoms with Crippen LogP contribution in [0.2, 0.25) is 0 Å². The van der Waals surface area contributed by atoms with E-state index in [1.807, 2.05) is 30.5 Å². The average Bonchev–Trinajstić information content (AvgIpc) is 3.42. The summed E-state index contributed by atoms with van der Waals surface area (Å²) in [5.41, 5.74) is 6.78.